The third-order valence-electron chi connectivity index (χ3n) is 5.49. The predicted octanol–water partition coefficient (Wildman–Crippen LogP) is 3.56. The molecule has 2 aliphatic rings. The van der Waals surface area contributed by atoms with E-state index in [1.165, 1.54) is 4.88 Å². The summed E-state index contributed by atoms with van der Waals surface area (Å²) < 4.78 is 0. The number of piperidine rings is 1. The van der Waals surface area contributed by atoms with Crippen LogP contribution in [0.1, 0.15) is 49.8 Å². The van der Waals surface area contributed by atoms with Crippen molar-refractivity contribution in [3.63, 3.8) is 0 Å². The van der Waals surface area contributed by atoms with Gasteiger partial charge in [0.2, 0.25) is 5.91 Å². The fourth-order valence-corrected chi connectivity index (χ4v) is 4.57. The van der Waals surface area contributed by atoms with Crippen molar-refractivity contribution in [2.45, 2.75) is 51.4 Å². The molecular weight excluding hydrogens is 310 g/mol. The maximum atomic E-state index is 12.2. The number of nitrogens with zero attached hydrogens (tertiary/aromatic N) is 1. The Bertz CT molecular complexity index is 547. The normalized spacial score (nSPS) is 22.3. The average molecular weight is 335 g/mol. The zero-order valence-electron chi connectivity index (χ0n) is 13.5. The fourth-order valence-electron chi connectivity index (χ4n) is 3.82. The largest absolute Gasteiger partial charge is 0.481 e. The summed E-state index contributed by atoms with van der Waals surface area (Å²) in [5.41, 5.74) is 0.0172. The lowest BCUT2D eigenvalue weighted by atomic mass is 9.90. The van der Waals surface area contributed by atoms with Crippen molar-refractivity contribution < 1.29 is 14.7 Å². The van der Waals surface area contributed by atoms with Gasteiger partial charge < -0.3 is 10.0 Å². The van der Waals surface area contributed by atoms with Gasteiger partial charge in [-0.05, 0) is 55.4 Å². The molecule has 0 aromatic carbocycles. The Morgan fingerprint density at radius 3 is 2.65 bits per heavy atom. The third kappa shape index (κ3) is 3.94. The molecule has 1 aliphatic carbocycles. The molecule has 126 valence electrons. The number of amides is 1. The van der Waals surface area contributed by atoms with Crippen molar-refractivity contribution in [1.29, 1.82) is 0 Å². The van der Waals surface area contributed by atoms with E-state index in [9.17, 15) is 9.59 Å². The number of hydrogen-bond donors (Lipinski definition) is 1. The smallest absolute Gasteiger partial charge is 0.307 e. The lowest BCUT2D eigenvalue weighted by Gasteiger charge is -2.32. The third-order valence-corrected chi connectivity index (χ3v) is 6.43. The molecule has 1 aromatic rings. The van der Waals surface area contributed by atoms with E-state index in [0.29, 0.717) is 6.42 Å². The molecule has 1 unspecified atom stereocenters. The predicted molar refractivity (Wildman–Crippen MR) is 90.5 cm³/mol. The van der Waals surface area contributed by atoms with Gasteiger partial charge in [0.15, 0.2) is 0 Å². The number of thiophene rings is 1. The Balaban J connectivity index is 1.30. The molecule has 3 rings (SSSR count). The van der Waals surface area contributed by atoms with E-state index in [0.717, 1.165) is 58.0 Å². The lowest BCUT2D eigenvalue weighted by molar-refractivity contribution is -0.139. The highest BCUT2D eigenvalue weighted by Gasteiger charge is 2.59. The van der Waals surface area contributed by atoms with Crippen molar-refractivity contribution in [1.82, 2.24) is 4.90 Å². The first-order chi connectivity index (χ1) is 11.1. The van der Waals surface area contributed by atoms with Crippen LogP contribution in [-0.4, -0.2) is 35.0 Å². The minimum Gasteiger partial charge on any atom is -0.481 e. The number of rotatable bonds is 7. The number of hydrogen-bond acceptors (Lipinski definition) is 3. The van der Waals surface area contributed by atoms with Crippen LogP contribution in [0, 0.1) is 11.3 Å². The van der Waals surface area contributed by atoms with Crippen molar-refractivity contribution >= 4 is 23.2 Å². The van der Waals surface area contributed by atoms with Crippen LogP contribution in [0.25, 0.3) is 0 Å². The molecule has 1 saturated carbocycles. The topological polar surface area (TPSA) is 57.6 Å². The van der Waals surface area contributed by atoms with Crippen LogP contribution in [-0.2, 0) is 16.0 Å². The van der Waals surface area contributed by atoms with Gasteiger partial charge in [-0.25, -0.2) is 0 Å². The number of unbranched alkanes of at least 4 members (excludes halogenated alkanes) is 2. The van der Waals surface area contributed by atoms with Gasteiger partial charge in [0.1, 0.15) is 0 Å². The van der Waals surface area contributed by atoms with Gasteiger partial charge in [-0.1, -0.05) is 12.5 Å². The minimum absolute atomic E-state index is 0.0172. The molecule has 5 heteroatoms. The summed E-state index contributed by atoms with van der Waals surface area (Å²) in [6, 6.07) is 4.25. The quantitative estimate of drug-likeness (QED) is 0.775. The number of aliphatic carboxylic acids is 1. The van der Waals surface area contributed by atoms with Gasteiger partial charge >= 0.3 is 5.97 Å². The van der Waals surface area contributed by atoms with Crippen molar-refractivity contribution in [3.8, 4) is 0 Å². The Hall–Kier alpha value is -1.36. The van der Waals surface area contributed by atoms with Crippen molar-refractivity contribution in [2.75, 3.05) is 13.1 Å². The average Bonchev–Trinajstić information content (AvgIpc) is 3.00. The Labute approximate surface area is 141 Å². The first-order valence-corrected chi connectivity index (χ1v) is 9.52. The molecule has 1 aromatic heterocycles. The maximum absolute atomic E-state index is 12.2. The Morgan fingerprint density at radius 2 is 2.04 bits per heavy atom. The molecule has 1 amide bonds. The van der Waals surface area contributed by atoms with E-state index in [2.05, 4.69) is 17.5 Å². The first kappa shape index (κ1) is 16.5. The van der Waals surface area contributed by atoms with Crippen LogP contribution in [0.15, 0.2) is 17.5 Å². The number of carboxylic acids is 1. The number of carbonyl (C=O) groups excluding carboxylic acids is 1. The van der Waals surface area contributed by atoms with Crippen molar-refractivity contribution in [3.05, 3.63) is 22.4 Å². The molecule has 23 heavy (non-hydrogen) atoms. The van der Waals surface area contributed by atoms with Crippen LogP contribution in [0.2, 0.25) is 0 Å². The summed E-state index contributed by atoms with van der Waals surface area (Å²) >= 11 is 1.80. The van der Waals surface area contributed by atoms with Gasteiger partial charge in [-0.3, -0.25) is 9.59 Å². The summed E-state index contributed by atoms with van der Waals surface area (Å²) in [6.07, 6.45) is 7.52. The second-order valence-electron chi connectivity index (χ2n) is 6.98. The van der Waals surface area contributed by atoms with E-state index in [-0.39, 0.29) is 17.2 Å². The monoisotopic (exact) mass is 335 g/mol. The molecule has 0 bridgehead atoms. The van der Waals surface area contributed by atoms with Crippen LogP contribution in [0.4, 0.5) is 0 Å². The van der Waals surface area contributed by atoms with Gasteiger partial charge in [-0.15, -0.1) is 11.3 Å². The summed E-state index contributed by atoms with van der Waals surface area (Å²) in [4.78, 5) is 26.7. The van der Waals surface area contributed by atoms with Crippen molar-refractivity contribution in [2.24, 2.45) is 11.3 Å². The first-order valence-electron chi connectivity index (χ1n) is 8.64. The molecule has 1 N–H and O–H groups in total. The summed E-state index contributed by atoms with van der Waals surface area (Å²) in [5.74, 6) is -0.559. The van der Waals surface area contributed by atoms with Gasteiger partial charge in [0.05, 0.1) is 5.92 Å². The van der Waals surface area contributed by atoms with Gasteiger partial charge in [0, 0.05) is 24.4 Å². The Kier molecular flexibility index (Phi) is 5.05. The van der Waals surface area contributed by atoms with Crippen LogP contribution in [0.5, 0.6) is 0 Å². The Morgan fingerprint density at radius 1 is 1.26 bits per heavy atom. The fraction of sp³-hybridized carbons (Fsp3) is 0.667. The molecule has 1 atom stereocenters. The molecule has 2 heterocycles. The van der Waals surface area contributed by atoms with E-state index < -0.39 is 5.97 Å². The maximum Gasteiger partial charge on any atom is 0.307 e. The number of carboxylic acid groups (broad SMARTS) is 1. The standard InChI is InChI=1S/C18H25NO3S/c20-16(7-3-1-2-5-14-6-4-12-23-14)19-10-8-18(9-11-19)13-15(18)17(21)22/h4,6,12,15H,1-3,5,7-11,13H2,(H,21,22). The molecule has 1 spiro atoms. The SMILES string of the molecule is O=C(O)C1CC12CCN(C(=O)CCCCCc1cccs1)CC2. The number of likely N-dealkylation sites (tertiary alicyclic amines) is 1. The highest BCUT2D eigenvalue weighted by atomic mass is 32.1. The van der Waals surface area contributed by atoms with E-state index in [4.69, 9.17) is 5.11 Å². The molecule has 0 radical (unpaired) electrons. The van der Waals surface area contributed by atoms with E-state index >= 15 is 0 Å². The lowest BCUT2D eigenvalue weighted by Crippen LogP contribution is -2.39. The summed E-state index contributed by atoms with van der Waals surface area (Å²) in [6.45, 7) is 1.50. The van der Waals surface area contributed by atoms with Gasteiger partial charge in [0.25, 0.3) is 0 Å². The van der Waals surface area contributed by atoms with E-state index in [1.54, 1.807) is 11.3 Å². The summed E-state index contributed by atoms with van der Waals surface area (Å²) in [5, 5.41) is 11.2. The zero-order chi connectivity index (χ0) is 16.3. The second kappa shape index (κ2) is 7.04. The summed E-state index contributed by atoms with van der Waals surface area (Å²) in [7, 11) is 0. The number of aryl methyl sites for hydroxylation is 1. The van der Waals surface area contributed by atoms with Crippen LogP contribution >= 0.6 is 11.3 Å². The molecular formula is C18H25NO3S. The second-order valence-corrected chi connectivity index (χ2v) is 8.01. The highest BCUT2D eigenvalue weighted by Crippen LogP contribution is 2.59. The van der Waals surface area contributed by atoms with Crippen LogP contribution in [0.3, 0.4) is 0 Å². The highest BCUT2D eigenvalue weighted by molar-refractivity contribution is 7.09. The van der Waals surface area contributed by atoms with Gasteiger partial charge in [-0.2, -0.15) is 0 Å². The van der Waals surface area contributed by atoms with Crippen LogP contribution < -0.4 is 0 Å². The van der Waals surface area contributed by atoms with E-state index in [1.807, 2.05) is 4.90 Å². The molecule has 1 saturated heterocycles. The zero-order valence-corrected chi connectivity index (χ0v) is 14.3. The number of carbonyl (C=O) groups is 2. The molecule has 4 nitrogen and oxygen atoms in total. The molecule has 1 aliphatic heterocycles. The minimum atomic E-state index is -0.657. The molecule has 2 fully saturated rings.